The number of rotatable bonds is 7. The van der Waals surface area contributed by atoms with Gasteiger partial charge in [0.05, 0.1) is 17.0 Å². The summed E-state index contributed by atoms with van der Waals surface area (Å²) in [6.07, 6.45) is 0.811. The van der Waals surface area contributed by atoms with Crippen LogP contribution in [0.2, 0.25) is 0 Å². The molecule has 2 aromatic rings. The van der Waals surface area contributed by atoms with Crippen LogP contribution in [-0.4, -0.2) is 32.7 Å². The highest BCUT2D eigenvalue weighted by atomic mass is 32.2. The zero-order chi connectivity index (χ0) is 16.8. The van der Waals surface area contributed by atoms with Gasteiger partial charge in [-0.2, -0.15) is 0 Å². The molecule has 8 heteroatoms. The summed E-state index contributed by atoms with van der Waals surface area (Å²) in [7, 11) is 0. The molecule has 0 bridgehead atoms. The van der Waals surface area contributed by atoms with Crippen molar-refractivity contribution in [2.75, 3.05) is 11.1 Å². The standard InChI is InChI=1S/C15H19N5O2S/c1-9(2)7-12-18-15(20-19-12)23-8-13(21)17-11-6-4-3-5-10(11)14(16)22/h3-6,9H,7-8H2,1-2H3,(H2,16,22)(H,17,21)(H,18,19,20). The number of primary amides is 1. The SMILES string of the molecule is CC(C)Cc1nc(SCC(=O)Nc2ccccc2C(N)=O)n[nH]1. The number of nitrogens with two attached hydrogens (primary N) is 1. The van der Waals surface area contributed by atoms with E-state index in [1.807, 2.05) is 0 Å². The number of benzene rings is 1. The van der Waals surface area contributed by atoms with Crippen molar-refractivity contribution in [1.29, 1.82) is 0 Å². The molecule has 0 aliphatic rings. The fourth-order valence-corrected chi connectivity index (χ4v) is 2.56. The average Bonchev–Trinajstić information content (AvgIpc) is 2.92. The number of aromatic amines is 1. The first-order valence-corrected chi connectivity index (χ1v) is 8.17. The third-order valence-corrected chi connectivity index (χ3v) is 3.76. The van der Waals surface area contributed by atoms with Crippen LogP contribution in [0.1, 0.15) is 30.0 Å². The number of carbonyl (C=O) groups is 2. The van der Waals surface area contributed by atoms with E-state index in [4.69, 9.17) is 5.73 Å². The Morgan fingerprint density at radius 2 is 2.09 bits per heavy atom. The molecule has 0 atom stereocenters. The van der Waals surface area contributed by atoms with Crippen LogP contribution in [-0.2, 0) is 11.2 Å². The van der Waals surface area contributed by atoms with Gasteiger partial charge in [0.15, 0.2) is 0 Å². The summed E-state index contributed by atoms with van der Waals surface area (Å²) in [6, 6.07) is 6.62. The Hall–Kier alpha value is -2.35. The molecule has 0 aliphatic heterocycles. The lowest BCUT2D eigenvalue weighted by Gasteiger charge is -2.07. The van der Waals surface area contributed by atoms with Gasteiger partial charge >= 0.3 is 0 Å². The van der Waals surface area contributed by atoms with Gasteiger partial charge in [-0.3, -0.25) is 14.7 Å². The lowest BCUT2D eigenvalue weighted by molar-refractivity contribution is -0.113. The van der Waals surface area contributed by atoms with Gasteiger partial charge in [-0.25, -0.2) is 4.98 Å². The zero-order valence-electron chi connectivity index (χ0n) is 13.0. The smallest absolute Gasteiger partial charge is 0.250 e. The molecule has 23 heavy (non-hydrogen) atoms. The first-order valence-electron chi connectivity index (χ1n) is 7.18. The minimum Gasteiger partial charge on any atom is -0.366 e. The highest BCUT2D eigenvalue weighted by molar-refractivity contribution is 7.99. The number of thioether (sulfide) groups is 1. The van der Waals surface area contributed by atoms with Gasteiger partial charge in [0.25, 0.3) is 5.91 Å². The molecule has 0 saturated carbocycles. The van der Waals surface area contributed by atoms with Gasteiger partial charge in [-0.15, -0.1) is 5.10 Å². The van der Waals surface area contributed by atoms with E-state index in [0.29, 0.717) is 16.8 Å². The highest BCUT2D eigenvalue weighted by Crippen LogP contribution is 2.17. The van der Waals surface area contributed by atoms with Crippen LogP contribution in [0.15, 0.2) is 29.4 Å². The fraction of sp³-hybridized carbons (Fsp3) is 0.333. The van der Waals surface area contributed by atoms with E-state index in [0.717, 1.165) is 12.2 Å². The number of hydrogen-bond donors (Lipinski definition) is 3. The lowest BCUT2D eigenvalue weighted by Crippen LogP contribution is -2.19. The van der Waals surface area contributed by atoms with E-state index in [1.165, 1.54) is 11.8 Å². The Morgan fingerprint density at radius 1 is 1.35 bits per heavy atom. The molecule has 2 rings (SSSR count). The zero-order valence-corrected chi connectivity index (χ0v) is 13.8. The predicted octanol–water partition coefficient (Wildman–Crippen LogP) is 1.83. The number of H-pyrrole nitrogens is 1. The summed E-state index contributed by atoms with van der Waals surface area (Å²) in [5, 5.41) is 10.1. The minimum atomic E-state index is -0.583. The number of para-hydroxylation sites is 1. The van der Waals surface area contributed by atoms with E-state index in [9.17, 15) is 9.59 Å². The number of nitrogens with one attached hydrogen (secondary N) is 2. The van der Waals surface area contributed by atoms with E-state index in [1.54, 1.807) is 24.3 Å². The van der Waals surface area contributed by atoms with Crippen molar-refractivity contribution in [1.82, 2.24) is 15.2 Å². The second kappa shape index (κ2) is 7.77. The van der Waals surface area contributed by atoms with Gasteiger partial charge in [-0.05, 0) is 18.1 Å². The Labute approximate surface area is 138 Å². The molecule has 0 radical (unpaired) electrons. The van der Waals surface area contributed by atoms with Gasteiger partial charge in [0.2, 0.25) is 11.1 Å². The van der Waals surface area contributed by atoms with Crippen molar-refractivity contribution in [2.24, 2.45) is 11.7 Å². The van der Waals surface area contributed by atoms with Gasteiger partial charge in [0.1, 0.15) is 5.82 Å². The second-order valence-corrected chi connectivity index (χ2v) is 6.35. The largest absolute Gasteiger partial charge is 0.366 e. The van der Waals surface area contributed by atoms with E-state index < -0.39 is 5.91 Å². The number of amides is 2. The number of hydrogen-bond acceptors (Lipinski definition) is 5. The number of carbonyl (C=O) groups excluding carboxylic acids is 2. The summed E-state index contributed by atoms with van der Waals surface area (Å²) in [4.78, 5) is 27.6. The predicted molar refractivity (Wildman–Crippen MR) is 89.2 cm³/mol. The van der Waals surface area contributed by atoms with Crippen LogP contribution in [0, 0.1) is 5.92 Å². The Kier molecular flexibility index (Phi) is 5.75. The Morgan fingerprint density at radius 3 is 2.78 bits per heavy atom. The number of aromatic nitrogens is 3. The minimum absolute atomic E-state index is 0.145. The van der Waals surface area contributed by atoms with Gasteiger partial charge < -0.3 is 11.1 Å². The van der Waals surface area contributed by atoms with Crippen LogP contribution in [0.5, 0.6) is 0 Å². The third-order valence-electron chi connectivity index (χ3n) is 2.91. The van der Waals surface area contributed by atoms with Crippen LogP contribution in [0.4, 0.5) is 5.69 Å². The number of anilines is 1. The first-order chi connectivity index (χ1) is 11.0. The van der Waals surface area contributed by atoms with E-state index in [2.05, 4.69) is 34.3 Å². The topological polar surface area (TPSA) is 114 Å². The van der Waals surface area contributed by atoms with Crippen LogP contribution < -0.4 is 11.1 Å². The molecular formula is C15H19N5O2S. The summed E-state index contributed by atoms with van der Waals surface area (Å²) in [5.41, 5.74) is 5.96. The molecule has 7 nitrogen and oxygen atoms in total. The molecule has 0 aliphatic carbocycles. The normalized spacial score (nSPS) is 10.7. The maximum absolute atomic E-state index is 12.0. The molecule has 1 aromatic heterocycles. The molecule has 0 fully saturated rings. The van der Waals surface area contributed by atoms with Crippen molar-refractivity contribution in [3.63, 3.8) is 0 Å². The van der Waals surface area contributed by atoms with Crippen LogP contribution in [0.3, 0.4) is 0 Å². The molecule has 2 amide bonds. The van der Waals surface area contributed by atoms with Crippen molar-refractivity contribution in [2.45, 2.75) is 25.4 Å². The van der Waals surface area contributed by atoms with Crippen molar-refractivity contribution >= 4 is 29.3 Å². The summed E-state index contributed by atoms with van der Waals surface area (Å²) >= 11 is 1.23. The third kappa shape index (κ3) is 5.10. The number of nitrogens with zero attached hydrogens (tertiary/aromatic N) is 2. The van der Waals surface area contributed by atoms with Crippen LogP contribution >= 0.6 is 11.8 Å². The summed E-state index contributed by atoms with van der Waals surface area (Å²) < 4.78 is 0. The quantitative estimate of drug-likeness (QED) is 0.669. The molecular weight excluding hydrogens is 314 g/mol. The van der Waals surface area contributed by atoms with Crippen molar-refractivity contribution in [3.8, 4) is 0 Å². The molecule has 1 heterocycles. The molecule has 0 unspecified atom stereocenters. The molecule has 0 spiro atoms. The van der Waals surface area contributed by atoms with Gasteiger partial charge in [0, 0.05) is 6.42 Å². The van der Waals surface area contributed by atoms with Crippen LogP contribution in [0.25, 0.3) is 0 Å². The Bertz CT molecular complexity index is 699. The van der Waals surface area contributed by atoms with E-state index >= 15 is 0 Å². The monoisotopic (exact) mass is 333 g/mol. The Balaban J connectivity index is 1.91. The lowest BCUT2D eigenvalue weighted by atomic mass is 10.1. The molecule has 4 N–H and O–H groups in total. The van der Waals surface area contributed by atoms with Gasteiger partial charge in [-0.1, -0.05) is 37.7 Å². The average molecular weight is 333 g/mol. The molecule has 122 valence electrons. The fourth-order valence-electron chi connectivity index (χ4n) is 1.94. The summed E-state index contributed by atoms with van der Waals surface area (Å²) in [5.74, 6) is 0.600. The molecule has 0 saturated heterocycles. The second-order valence-electron chi connectivity index (χ2n) is 5.41. The van der Waals surface area contributed by atoms with Crippen molar-refractivity contribution in [3.05, 3.63) is 35.7 Å². The van der Waals surface area contributed by atoms with Crippen molar-refractivity contribution < 1.29 is 9.59 Å². The van der Waals surface area contributed by atoms with E-state index in [-0.39, 0.29) is 17.2 Å². The summed E-state index contributed by atoms with van der Waals surface area (Å²) in [6.45, 7) is 4.19. The molecule has 1 aromatic carbocycles. The highest BCUT2D eigenvalue weighted by Gasteiger charge is 2.12. The maximum atomic E-state index is 12.0. The maximum Gasteiger partial charge on any atom is 0.250 e. The first kappa shape index (κ1) is 17.0.